The maximum Gasteiger partial charge on any atom is 0.0998 e. The minimum absolute atomic E-state index is 0.637. The van der Waals surface area contributed by atoms with Gasteiger partial charge >= 0.3 is 0 Å². The maximum absolute atomic E-state index is 9.16. The Balaban J connectivity index is 2.36. The lowest BCUT2D eigenvalue weighted by molar-refractivity contribution is 1.32. The molecule has 0 aliphatic carbocycles. The van der Waals surface area contributed by atoms with Crippen molar-refractivity contribution in [3.8, 4) is 17.2 Å². The standard InChI is InChI=1S/C15H9N3/c16-8-11-4-1-2-6-13(11)14-10-17-9-12-5-3-7-18-15(12)14/h1-7,9-10H. The zero-order valence-electron chi connectivity index (χ0n) is 9.54. The fraction of sp³-hybridized carbons (Fsp3) is 0. The Morgan fingerprint density at radius 3 is 2.72 bits per heavy atom. The van der Waals surface area contributed by atoms with Crippen molar-refractivity contribution in [1.82, 2.24) is 9.97 Å². The number of nitrogens with zero attached hydrogens (tertiary/aromatic N) is 3. The Labute approximate surface area is 104 Å². The number of aromatic nitrogens is 2. The third-order valence-corrected chi connectivity index (χ3v) is 2.85. The predicted octanol–water partition coefficient (Wildman–Crippen LogP) is 3.17. The van der Waals surface area contributed by atoms with E-state index < -0.39 is 0 Å². The van der Waals surface area contributed by atoms with Crippen LogP contribution in [0.25, 0.3) is 22.0 Å². The first-order valence-electron chi connectivity index (χ1n) is 5.58. The molecule has 0 fully saturated rings. The normalized spacial score (nSPS) is 10.2. The molecule has 2 heterocycles. The Morgan fingerprint density at radius 1 is 0.944 bits per heavy atom. The van der Waals surface area contributed by atoms with Crippen LogP contribution in [0.15, 0.2) is 55.0 Å². The van der Waals surface area contributed by atoms with Crippen molar-refractivity contribution < 1.29 is 0 Å². The summed E-state index contributed by atoms with van der Waals surface area (Å²) < 4.78 is 0. The van der Waals surface area contributed by atoms with Crippen molar-refractivity contribution >= 4 is 10.9 Å². The van der Waals surface area contributed by atoms with Gasteiger partial charge < -0.3 is 0 Å². The molecule has 0 bridgehead atoms. The minimum Gasteiger partial charge on any atom is -0.263 e. The molecule has 3 heteroatoms. The van der Waals surface area contributed by atoms with Crippen molar-refractivity contribution in [1.29, 1.82) is 5.26 Å². The Kier molecular flexibility index (Phi) is 2.47. The summed E-state index contributed by atoms with van der Waals surface area (Å²) in [6, 6.07) is 13.5. The molecule has 0 amide bonds. The van der Waals surface area contributed by atoms with E-state index >= 15 is 0 Å². The van der Waals surface area contributed by atoms with Gasteiger partial charge in [0.2, 0.25) is 0 Å². The van der Waals surface area contributed by atoms with Crippen LogP contribution in [-0.2, 0) is 0 Å². The van der Waals surface area contributed by atoms with Crippen molar-refractivity contribution in [3.63, 3.8) is 0 Å². The van der Waals surface area contributed by atoms with Gasteiger partial charge in [0.05, 0.1) is 17.1 Å². The van der Waals surface area contributed by atoms with Gasteiger partial charge in [-0.2, -0.15) is 5.26 Å². The number of benzene rings is 1. The fourth-order valence-corrected chi connectivity index (χ4v) is 2.01. The number of hydrogen-bond acceptors (Lipinski definition) is 3. The lowest BCUT2D eigenvalue weighted by Gasteiger charge is -2.06. The second-order valence-electron chi connectivity index (χ2n) is 3.92. The van der Waals surface area contributed by atoms with Gasteiger partial charge in [0.15, 0.2) is 0 Å². The third-order valence-electron chi connectivity index (χ3n) is 2.85. The molecular weight excluding hydrogens is 222 g/mol. The topological polar surface area (TPSA) is 49.6 Å². The molecule has 0 saturated carbocycles. The Morgan fingerprint density at radius 2 is 1.83 bits per heavy atom. The molecule has 0 atom stereocenters. The highest BCUT2D eigenvalue weighted by Crippen LogP contribution is 2.28. The molecule has 0 aliphatic heterocycles. The zero-order chi connectivity index (χ0) is 12.4. The predicted molar refractivity (Wildman–Crippen MR) is 69.7 cm³/mol. The van der Waals surface area contributed by atoms with Crippen LogP contribution in [-0.4, -0.2) is 9.97 Å². The van der Waals surface area contributed by atoms with E-state index in [2.05, 4.69) is 16.0 Å². The molecule has 84 valence electrons. The van der Waals surface area contributed by atoms with Crippen molar-refractivity contribution in [2.45, 2.75) is 0 Å². The van der Waals surface area contributed by atoms with Gasteiger partial charge in [0.1, 0.15) is 0 Å². The lowest BCUT2D eigenvalue weighted by atomic mass is 10.00. The molecule has 0 aliphatic rings. The summed E-state index contributed by atoms with van der Waals surface area (Å²) in [6.45, 7) is 0. The summed E-state index contributed by atoms with van der Waals surface area (Å²) in [5, 5.41) is 10.1. The number of pyridine rings is 2. The summed E-state index contributed by atoms with van der Waals surface area (Å²) >= 11 is 0. The van der Waals surface area contributed by atoms with E-state index in [1.165, 1.54) is 0 Å². The highest BCUT2D eigenvalue weighted by atomic mass is 14.7. The van der Waals surface area contributed by atoms with Crippen LogP contribution in [0.5, 0.6) is 0 Å². The van der Waals surface area contributed by atoms with E-state index in [1.807, 2.05) is 30.3 Å². The molecule has 18 heavy (non-hydrogen) atoms. The Hall–Kier alpha value is -2.73. The van der Waals surface area contributed by atoms with E-state index in [0.717, 1.165) is 22.0 Å². The van der Waals surface area contributed by atoms with Crippen LogP contribution in [0.1, 0.15) is 5.56 Å². The molecule has 1 aromatic carbocycles. The van der Waals surface area contributed by atoms with Gasteiger partial charge in [0, 0.05) is 35.1 Å². The molecule has 0 radical (unpaired) electrons. The van der Waals surface area contributed by atoms with Crippen LogP contribution < -0.4 is 0 Å². The van der Waals surface area contributed by atoms with E-state index in [4.69, 9.17) is 5.26 Å². The fourth-order valence-electron chi connectivity index (χ4n) is 2.01. The van der Waals surface area contributed by atoms with E-state index in [-0.39, 0.29) is 0 Å². The SMILES string of the molecule is N#Cc1ccccc1-c1cncc2cccnc12. The number of fused-ring (bicyclic) bond motifs is 1. The molecule has 0 spiro atoms. The highest BCUT2D eigenvalue weighted by Gasteiger charge is 2.08. The Bertz CT molecular complexity index is 752. The number of hydrogen-bond donors (Lipinski definition) is 0. The van der Waals surface area contributed by atoms with Crippen LogP contribution in [0.4, 0.5) is 0 Å². The minimum atomic E-state index is 0.637. The van der Waals surface area contributed by atoms with Crippen molar-refractivity contribution in [3.05, 3.63) is 60.6 Å². The van der Waals surface area contributed by atoms with Crippen LogP contribution in [0, 0.1) is 11.3 Å². The summed E-state index contributed by atoms with van der Waals surface area (Å²) in [4.78, 5) is 8.60. The largest absolute Gasteiger partial charge is 0.263 e. The summed E-state index contributed by atoms with van der Waals surface area (Å²) in [6.07, 6.45) is 5.28. The quantitative estimate of drug-likeness (QED) is 0.646. The zero-order valence-corrected chi connectivity index (χ0v) is 9.54. The van der Waals surface area contributed by atoms with E-state index in [1.54, 1.807) is 24.7 Å². The first kappa shape index (κ1) is 10.4. The van der Waals surface area contributed by atoms with Gasteiger partial charge in [-0.05, 0) is 18.2 Å². The monoisotopic (exact) mass is 231 g/mol. The van der Waals surface area contributed by atoms with Crippen LogP contribution in [0.3, 0.4) is 0 Å². The summed E-state index contributed by atoms with van der Waals surface area (Å²) in [5.74, 6) is 0. The van der Waals surface area contributed by atoms with Gasteiger partial charge in [-0.3, -0.25) is 9.97 Å². The van der Waals surface area contributed by atoms with Gasteiger partial charge in [-0.25, -0.2) is 0 Å². The van der Waals surface area contributed by atoms with E-state index in [0.29, 0.717) is 5.56 Å². The van der Waals surface area contributed by atoms with Crippen molar-refractivity contribution in [2.75, 3.05) is 0 Å². The average molecular weight is 231 g/mol. The maximum atomic E-state index is 9.16. The summed E-state index contributed by atoms with van der Waals surface area (Å²) in [7, 11) is 0. The first-order valence-corrected chi connectivity index (χ1v) is 5.58. The highest BCUT2D eigenvalue weighted by molar-refractivity contribution is 5.93. The summed E-state index contributed by atoms with van der Waals surface area (Å²) in [5.41, 5.74) is 3.27. The molecule has 0 saturated heterocycles. The molecule has 3 aromatic rings. The lowest BCUT2D eigenvalue weighted by Crippen LogP contribution is -1.89. The van der Waals surface area contributed by atoms with Crippen molar-refractivity contribution in [2.24, 2.45) is 0 Å². The van der Waals surface area contributed by atoms with Gasteiger partial charge in [0.25, 0.3) is 0 Å². The number of nitriles is 1. The second kappa shape index (κ2) is 4.27. The average Bonchev–Trinajstić information content (AvgIpc) is 2.46. The first-order chi connectivity index (χ1) is 8.90. The third kappa shape index (κ3) is 1.61. The second-order valence-corrected chi connectivity index (χ2v) is 3.92. The molecular formula is C15H9N3. The van der Waals surface area contributed by atoms with E-state index in [9.17, 15) is 0 Å². The number of rotatable bonds is 1. The molecule has 3 rings (SSSR count). The van der Waals surface area contributed by atoms with Crippen LogP contribution >= 0.6 is 0 Å². The molecule has 3 nitrogen and oxygen atoms in total. The van der Waals surface area contributed by atoms with Crippen LogP contribution in [0.2, 0.25) is 0 Å². The van der Waals surface area contributed by atoms with Gasteiger partial charge in [-0.15, -0.1) is 0 Å². The molecule has 0 unspecified atom stereocenters. The molecule has 2 aromatic heterocycles. The smallest absolute Gasteiger partial charge is 0.0998 e. The molecule has 0 N–H and O–H groups in total. The van der Waals surface area contributed by atoms with Gasteiger partial charge in [-0.1, -0.05) is 18.2 Å².